The van der Waals surface area contributed by atoms with Gasteiger partial charge < -0.3 is 4.42 Å². The maximum Gasteiger partial charge on any atom is 0.175 e. The molecule has 1 unspecified atom stereocenters. The lowest BCUT2D eigenvalue weighted by Crippen LogP contribution is -2.19. The van der Waals surface area contributed by atoms with E-state index < -0.39 is 0 Å². The highest BCUT2D eigenvalue weighted by Gasteiger charge is 2.24. The van der Waals surface area contributed by atoms with Gasteiger partial charge in [-0.2, -0.15) is 0 Å². The van der Waals surface area contributed by atoms with Gasteiger partial charge in [-0.1, -0.05) is 160 Å². The number of hydrogen-bond donors (Lipinski definition) is 0. The molecule has 0 N–H and O–H groups in total. The van der Waals surface area contributed by atoms with Crippen LogP contribution >= 0.6 is 0 Å². The van der Waals surface area contributed by atoms with E-state index in [1.54, 1.807) is 0 Å². The summed E-state index contributed by atoms with van der Waals surface area (Å²) in [5.41, 5.74) is 7.17. The normalized spacial score (nSPS) is 14.0. The number of benzene rings is 5. The highest BCUT2D eigenvalue weighted by Crippen LogP contribution is 2.43. The zero-order chi connectivity index (χ0) is 33.8. The molecule has 6 aromatic rings. The molecule has 0 bridgehead atoms. The average molecular weight is 625 g/mol. The van der Waals surface area contributed by atoms with E-state index in [9.17, 15) is 0 Å². The van der Waals surface area contributed by atoms with Crippen LogP contribution in [0.2, 0.25) is 12.6 Å². The molecule has 0 saturated carbocycles. The summed E-state index contributed by atoms with van der Waals surface area (Å²) in [6, 6.07) is 31.1. The van der Waals surface area contributed by atoms with E-state index in [1.165, 1.54) is 49.1 Å². The molecule has 2 heteroatoms. The Hall–Kier alpha value is -5.00. The van der Waals surface area contributed by atoms with Crippen LogP contribution in [0.5, 0.6) is 0 Å². The zero-order valence-electron chi connectivity index (χ0n) is 29.2. The molecule has 0 spiro atoms. The monoisotopic (exact) mass is 624 g/mol. The summed E-state index contributed by atoms with van der Waals surface area (Å²) in [7, 11) is 0. The Bertz CT molecular complexity index is 2270. The summed E-state index contributed by atoms with van der Waals surface area (Å²) in [6.45, 7) is 13.5. The van der Waals surface area contributed by atoms with Crippen molar-refractivity contribution in [2.24, 2.45) is 0 Å². The lowest BCUT2D eigenvalue weighted by Gasteiger charge is -2.25. The number of allylic oxidation sites excluding steroid dienone is 7. The van der Waals surface area contributed by atoms with Crippen LogP contribution in [-0.4, -0.2) is 6.71 Å². The molecule has 0 aliphatic heterocycles. The van der Waals surface area contributed by atoms with E-state index in [1.807, 2.05) is 32.9 Å². The van der Waals surface area contributed by atoms with Gasteiger partial charge in [0, 0.05) is 16.7 Å². The van der Waals surface area contributed by atoms with Crippen LogP contribution in [0.4, 0.5) is 0 Å². The highest BCUT2D eigenvalue weighted by molar-refractivity contribution is 6.68. The quantitative estimate of drug-likeness (QED) is 0.0979. The minimum atomic E-state index is 0.108. The number of furan rings is 1. The molecule has 238 valence electrons. The van der Waals surface area contributed by atoms with Gasteiger partial charge in [-0.25, -0.2) is 0 Å². The van der Waals surface area contributed by atoms with Crippen molar-refractivity contribution in [1.82, 2.24) is 0 Å². The van der Waals surface area contributed by atoms with Gasteiger partial charge in [0.25, 0.3) is 0 Å². The summed E-state index contributed by atoms with van der Waals surface area (Å²) in [5, 5.41) is 8.15. The van der Waals surface area contributed by atoms with Gasteiger partial charge in [-0.05, 0) is 76.0 Å². The summed E-state index contributed by atoms with van der Waals surface area (Å²) in [6.07, 6.45) is 21.5. The maximum atomic E-state index is 6.57. The van der Waals surface area contributed by atoms with Crippen molar-refractivity contribution in [2.45, 2.75) is 66.0 Å². The second kappa shape index (κ2) is 14.4. The smallest absolute Gasteiger partial charge is 0.175 e. The Balaban J connectivity index is 0.00000197. The molecule has 7 rings (SSSR count). The molecular weight excluding hydrogens is 579 g/mol. The van der Waals surface area contributed by atoms with Crippen molar-refractivity contribution in [2.75, 3.05) is 0 Å². The minimum absolute atomic E-state index is 0.108. The summed E-state index contributed by atoms with van der Waals surface area (Å²) >= 11 is 0. The van der Waals surface area contributed by atoms with Crippen molar-refractivity contribution in [3.8, 4) is 12.3 Å². The second-order valence-electron chi connectivity index (χ2n) is 12.9. The Morgan fingerprint density at radius 1 is 0.833 bits per heavy atom. The van der Waals surface area contributed by atoms with Crippen molar-refractivity contribution < 1.29 is 4.42 Å². The Kier molecular flexibility index (Phi) is 9.89. The number of terminal acetylenes is 1. The van der Waals surface area contributed by atoms with Crippen molar-refractivity contribution >= 4 is 56.1 Å². The number of rotatable bonds is 7. The van der Waals surface area contributed by atoms with E-state index in [0.717, 1.165) is 40.5 Å². The average Bonchev–Trinajstić information content (AvgIpc) is 3.50. The van der Waals surface area contributed by atoms with Crippen molar-refractivity contribution in [3.05, 3.63) is 149 Å². The minimum Gasteiger partial charge on any atom is -0.455 e. The molecule has 5 aromatic carbocycles. The predicted molar refractivity (Wildman–Crippen MR) is 212 cm³/mol. The zero-order valence-corrected chi connectivity index (χ0v) is 29.2. The molecule has 1 aromatic heterocycles. The fourth-order valence-electron chi connectivity index (χ4n) is 7.22. The first-order chi connectivity index (χ1) is 23.5. The van der Waals surface area contributed by atoms with Gasteiger partial charge in [-0.3, -0.25) is 0 Å². The Morgan fingerprint density at radius 2 is 1.50 bits per heavy atom. The lowest BCUT2D eigenvalue weighted by molar-refractivity contribution is 0.606. The molecule has 1 aliphatic carbocycles. The van der Waals surface area contributed by atoms with E-state index >= 15 is 0 Å². The SMILES string of the molecule is C#Cc1c(/C=C\C)oc2c1ccc1c3ccccc3c3cc(C(/C=C(\B(C)C(C)C)C4=CC=CCC4)c4ccccc4)ccc3c12.CC. The maximum absolute atomic E-state index is 6.57. The van der Waals surface area contributed by atoms with Crippen LogP contribution in [0.1, 0.15) is 75.8 Å². The largest absolute Gasteiger partial charge is 0.455 e. The first kappa shape index (κ1) is 32.9. The molecule has 1 nitrogen and oxygen atoms in total. The number of hydrogen-bond acceptors (Lipinski definition) is 1. The Morgan fingerprint density at radius 3 is 2.17 bits per heavy atom. The van der Waals surface area contributed by atoms with E-state index in [0.29, 0.717) is 12.5 Å². The van der Waals surface area contributed by atoms with Gasteiger partial charge in [0.15, 0.2) is 6.71 Å². The third kappa shape index (κ3) is 5.95. The molecule has 0 saturated heterocycles. The first-order valence-electron chi connectivity index (χ1n) is 17.6. The third-order valence-electron chi connectivity index (χ3n) is 9.91. The van der Waals surface area contributed by atoms with Gasteiger partial charge in [0.2, 0.25) is 0 Å². The topological polar surface area (TPSA) is 13.1 Å². The standard InChI is InChI=1S/C44H39BO.C2H6/c1-6-16-42-33(7-2)38-26-25-36-34-21-14-15-22-35(34)40-27-32(23-24-37(40)43(36)44(38)46-42)39(30-17-10-8-11-18-30)28-41(45(5)29(3)4)31-19-12-9-13-20-31;1-2/h2,6,8-12,14-19,21-29,39H,13,20H2,1,3-5H3;1-2H3/b16-6-,41-28-;. The van der Waals surface area contributed by atoms with E-state index in [2.05, 4.69) is 136 Å². The molecule has 48 heavy (non-hydrogen) atoms. The fourth-order valence-corrected chi connectivity index (χ4v) is 7.22. The fraction of sp³-hybridized carbons (Fsp3) is 0.217. The molecule has 0 radical (unpaired) electrons. The summed E-state index contributed by atoms with van der Waals surface area (Å²) in [5.74, 6) is 4.28. The molecule has 0 amide bonds. The van der Waals surface area contributed by atoms with Gasteiger partial charge in [0.05, 0.1) is 5.56 Å². The van der Waals surface area contributed by atoms with E-state index in [4.69, 9.17) is 10.8 Å². The van der Waals surface area contributed by atoms with Crippen LogP contribution in [0.15, 0.2) is 131 Å². The number of fused-ring (bicyclic) bond motifs is 8. The summed E-state index contributed by atoms with van der Waals surface area (Å²) in [4.78, 5) is 0. The molecular formula is C46H45BO. The first-order valence-corrected chi connectivity index (χ1v) is 17.6. The van der Waals surface area contributed by atoms with E-state index in [-0.39, 0.29) is 5.92 Å². The van der Waals surface area contributed by atoms with Crippen LogP contribution in [-0.2, 0) is 0 Å². The highest BCUT2D eigenvalue weighted by atomic mass is 16.3. The van der Waals surface area contributed by atoms with Gasteiger partial charge in [-0.15, -0.1) is 6.42 Å². The lowest BCUT2D eigenvalue weighted by atomic mass is 9.37. The molecule has 1 aliphatic rings. The van der Waals surface area contributed by atoms with Gasteiger partial charge >= 0.3 is 0 Å². The Labute approximate surface area is 286 Å². The van der Waals surface area contributed by atoms with Crippen LogP contribution < -0.4 is 0 Å². The van der Waals surface area contributed by atoms with Crippen LogP contribution in [0, 0.1) is 12.3 Å². The molecule has 1 atom stereocenters. The molecule has 0 fully saturated rings. The third-order valence-corrected chi connectivity index (χ3v) is 9.91. The second-order valence-corrected chi connectivity index (χ2v) is 12.9. The van der Waals surface area contributed by atoms with Crippen LogP contribution in [0.3, 0.4) is 0 Å². The van der Waals surface area contributed by atoms with Crippen LogP contribution in [0.25, 0.3) is 49.4 Å². The predicted octanol–water partition coefficient (Wildman–Crippen LogP) is 13.3. The molecule has 1 heterocycles. The van der Waals surface area contributed by atoms with Gasteiger partial charge in [0.1, 0.15) is 11.3 Å². The van der Waals surface area contributed by atoms with Crippen molar-refractivity contribution in [3.63, 3.8) is 0 Å². The summed E-state index contributed by atoms with van der Waals surface area (Å²) < 4.78 is 6.57. The van der Waals surface area contributed by atoms with Crippen molar-refractivity contribution in [1.29, 1.82) is 0 Å².